The van der Waals surface area contributed by atoms with Crippen molar-refractivity contribution in [3.8, 4) is 17.1 Å². The molecule has 0 unspecified atom stereocenters. The molecule has 3 aromatic rings. The zero-order chi connectivity index (χ0) is 16.4. The standard InChI is InChI=1S/C19H22N4O.BrH/c24-16-6-4-15(5-7-16)19-20-17-8-11-23(14-18(17)21-19)13-12-22-9-2-1-3-10-22;/h4-8,11,14H,1-3,9-10,12-13H2,(H,21,24);1H. The molecule has 132 valence electrons. The smallest absolute Gasteiger partial charge is 0.194 e. The Labute approximate surface area is 158 Å². The molecule has 0 atom stereocenters. The number of likely N-dealkylation sites (tertiary alicyclic amines) is 1. The van der Waals surface area contributed by atoms with Gasteiger partial charge in [0.2, 0.25) is 0 Å². The number of aromatic hydroxyl groups is 1. The predicted molar refractivity (Wildman–Crippen MR) is 93.7 cm³/mol. The number of hydrogen-bond acceptors (Lipinski definition) is 3. The topological polar surface area (TPSA) is 56.0 Å². The Hall–Kier alpha value is -1.92. The van der Waals surface area contributed by atoms with Gasteiger partial charge in [0.15, 0.2) is 18.9 Å². The first-order chi connectivity index (χ1) is 11.8. The molecule has 0 saturated carbocycles. The first-order valence-electron chi connectivity index (χ1n) is 8.68. The van der Waals surface area contributed by atoms with Gasteiger partial charge in [0, 0.05) is 11.6 Å². The lowest BCUT2D eigenvalue weighted by atomic mass is 10.1. The van der Waals surface area contributed by atoms with Gasteiger partial charge in [-0.25, -0.2) is 9.55 Å². The number of aromatic amines is 1. The van der Waals surface area contributed by atoms with Crippen LogP contribution in [0, 0.1) is 0 Å². The van der Waals surface area contributed by atoms with Gasteiger partial charge in [-0.15, -0.1) is 0 Å². The van der Waals surface area contributed by atoms with Crippen molar-refractivity contribution in [1.29, 1.82) is 0 Å². The highest BCUT2D eigenvalue weighted by atomic mass is 79.9. The van der Waals surface area contributed by atoms with E-state index in [1.165, 1.54) is 32.4 Å². The van der Waals surface area contributed by atoms with E-state index in [1.54, 1.807) is 12.1 Å². The maximum Gasteiger partial charge on any atom is 0.194 e. The normalized spacial score (nSPS) is 15.2. The third kappa shape index (κ3) is 4.19. The van der Waals surface area contributed by atoms with E-state index in [0.717, 1.165) is 35.5 Å². The Morgan fingerprint density at radius 1 is 1.08 bits per heavy atom. The van der Waals surface area contributed by atoms with Crippen LogP contribution in [0.3, 0.4) is 0 Å². The third-order valence-corrected chi connectivity index (χ3v) is 4.74. The first kappa shape index (κ1) is 17.9. The number of aromatic nitrogens is 3. The summed E-state index contributed by atoms with van der Waals surface area (Å²) < 4.78 is 2.23. The van der Waals surface area contributed by atoms with E-state index in [9.17, 15) is 5.11 Å². The van der Waals surface area contributed by atoms with Crippen LogP contribution in [0.4, 0.5) is 0 Å². The third-order valence-electron chi connectivity index (χ3n) is 4.74. The second-order valence-electron chi connectivity index (χ2n) is 6.52. The molecule has 4 rings (SSSR count). The summed E-state index contributed by atoms with van der Waals surface area (Å²) >= 11 is 0. The van der Waals surface area contributed by atoms with Crippen molar-refractivity contribution in [2.75, 3.05) is 19.6 Å². The summed E-state index contributed by atoms with van der Waals surface area (Å²) in [6, 6.07) is 9.17. The van der Waals surface area contributed by atoms with Crippen LogP contribution >= 0.6 is 0 Å². The van der Waals surface area contributed by atoms with Crippen LogP contribution in [0.2, 0.25) is 0 Å². The van der Waals surface area contributed by atoms with Gasteiger partial charge in [0.1, 0.15) is 22.6 Å². The minimum absolute atomic E-state index is 0. The Balaban J connectivity index is 0.00000182. The Morgan fingerprint density at radius 2 is 1.84 bits per heavy atom. The average Bonchev–Trinajstić information content (AvgIpc) is 3.05. The summed E-state index contributed by atoms with van der Waals surface area (Å²) in [6.45, 7) is 4.58. The number of fused-ring (bicyclic) bond motifs is 1. The van der Waals surface area contributed by atoms with Crippen molar-refractivity contribution in [2.24, 2.45) is 0 Å². The van der Waals surface area contributed by atoms with E-state index < -0.39 is 0 Å². The Kier molecular flexibility index (Phi) is 5.71. The summed E-state index contributed by atoms with van der Waals surface area (Å²) in [5.74, 6) is 1.10. The molecule has 25 heavy (non-hydrogen) atoms. The molecule has 0 radical (unpaired) electrons. The van der Waals surface area contributed by atoms with Crippen LogP contribution in [0.1, 0.15) is 19.3 Å². The van der Waals surface area contributed by atoms with E-state index in [1.807, 2.05) is 12.1 Å². The minimum Gasteiger partial charge on any atom is -1.00 e. The molecular formula is C19H23BrN4O. The highest BCUT2D eigenvalue weighted by molar-refractivity contribution is 5.77. The molecule has 1 saturated heterocycles. The number of nitrogens with one attached hydrogen (secondary N) is 1. The second-order valence-corrected chi connectivity index (χ2v) is 6.52. The zero-order valence-corrected chi connectivity index (χ0v) is 15.7. The summed E-state index contributed by atoms with van der Waals surface area (Å²) in [4.78, 5) is 10.6. The van der Waals surface area contributed by atoms with E-state index in [4.69, 9.17) is 0 Å². The molecule has 1 fully saturated rings. The fourth-order valence-corrected chi connectivity index (χ4v) is 3.34. The van der Waals surface area contributed by atoms with E-state index in [2.05, 4.69) is 37.9 Å². The molecule has 0 amide bonds. The predicted octanol–water partition coefficient (Wildman–Crippen LogP) is -0.287. The largest absolute Gasteiger partial charge is 1.00 e. The van der Waals surface area contributed by atoms with Crippen LogP contribution in [0.25, 0.3) is 22.4 Å². The number of phenolic OH excluding ortho intramolecular Hbond substituents is 1. The van der Waals surface area contributed by atoms with E-state index in [0.29, 0.717) is 0 Å². The monoisotopic (exact) mass is 402 g/mol. The molecule has 2 N–H and O–H groups in total. The van der Waals surface area contributed by atoms with Gasteiger partial charge < -0.3 is 27.1 Å². The molecule has 1 aromatic carbocycles. The van der Waals surface area contributed by atoms with Crippen LogP contribution in [0.15, 0.2) is 42.7 Å². The lowest BCUT2D eigenvalue weighted by molar-refractivity contribution is -0.695. The van der Waals surface area contributed by atoms with Gasteiger partial charge >= 0.3 is 0 Å². The van der Waals surface area contributed by atoms with Crippen LogP contribution < -0.4 is 21.5 Å². The number of hydrogen-bond donors (Lipinski definition) is 2. The molecule has 0 aliphatic carbocycles. The van der Waals surface area contributed by atoms with Crippen molar-refractivity contribution in [3.05, 3.63) is 42.7 Å². The molecule has 5 nitrogen and oxygen atoms in total. The summed E-state index contributed by atoms with van der Waals surface area (Å²) in [6.07, 6.45) is 8.29. The van der Waals surface area contributed by atoms with Gasteiger partial charge in [0.05, 0.1) is 6.54 Å². The van der Waals surface area contributed by atoms with Gasteiger partial charge in [-0.1, -0.05) is 6.42 Å². The van der Waals surface area contributed by atoms with Gasteiger partial charge in [-0.2, -0.15) is 0 Å². The molecule has 0 bridgehead atoms. The number of piperidine rings is 1. The number of nitrogens with zero attached hydrogens (tertiary/aromatic N) is 3. The zero-order valence-electron chi connectivity index (χ0n) is 14.2. The first-order valence-corrected chi connectivity index (χ1v) is 8.68. The summed E-state index contributed by atoms with van der Waals surface area (Å²) in [5, 5.41) is 9.41. The summed E-state index contributed by atoms with van der Waals surface area (Å²) in [7, 11) is 0. The molecular weight excluding hydrogens is 380 g/mol. The maximum absolute atomic E-state index is 9.41. The fourth-order valence-electron chi connectivity index (χ4n) is 3.34. The number of rotatable bonds is 4. The average molecular weight is 403 g/mol. The second kappa shape index (κ2) is 7.97. The van der Waals surface area contributed by atoms with Gasteiger partial charge in [-0.3, -0.25) is 4.90 Å². The molecule has 1 aliphatic heterocycles. The maximum atomic E-state index is 9.41. The number of halogens is 1. The minimum atomic E-state index is 0. The summed E-state index contributed by atoms with van der Waals surface area (Å²) in [5.41, 5.74) is 2.98. The lowest BCUT2D eigenvalue weighted by Crippen LogP contribution is -3.00. The molecule has 6 heteroatoms. The van der Waals surface area contributed by atoms with Crippen LogP contribution in [-0.2, 0) is 6.54 Å². The quantitative estimate of drug-likeness (QED) is 0.589. The molecule has 2 aromatic heterocycles. The Bertz CT molecular complexity index is 825. The lowest BCUT2D eigenvalue weighted by Gasteiger charge is -2.24. The number of benzene rings is 1. The molecule has 1 aliphatic rings. The van der Waals surface area contributed by atoms with E-state index in [-0.39, 0.29) is 22.7 Å². The van der Waals surface area contributed by atoms with E-state index >= 15 is 0 Å². The number of pyridine rings is 1. The van der Waals surface area contributed by atoms with Crippen molar-refractivity contribution in [2.45, 2.75) is 25.8 Å². The fraction of sp³-hybridized carbons (Fsp3) is 0.368. The van der Waals surface area contributed by atoms with Gasteiger partial charge in [0.25, 0.3) is 0 Å². The van der Waals surface area contributed by atoms with Crippen LogP contribution in [0.5, 0.6) is 5.75 Å². The SMILES string of the molecule is Oc1ccc(-c2nc3cc[n+](CCN4CCCCC4)cc3[nH]2)cc1.[Br-]. The number of imidazole rings is 1. The molecule has 0 spiro atoms. The van der Waals surface area contributed by atoms with Crippen molar-refractivity contribution < 1.29 is 26.7 Å². The van der Waals surface area contributed by atoms with Crippen molar-refractivity contribution in [1.82, 2.24) is 14.9 Å². The van der Waals surface area contributed by atoms with Crippen molar-refractivity contribution in [3.63, 3.8) is 0 Å². The number of H-pyrrole nitrogens is 1. The highest BCUT2D eigenvalue weighted by Gasteiger charge is 2.13. The highest BCUT2D eigenvalue weighted by Crippen LogP contribution is 2.21. The molecule has 3 heterocycles. The van der Waals surface area contributed by atoms with Crippen LogP contribution in [-0.4, -0.2) is 39.6 Å². The van der Waals surface area contributed by atoms with Crippen molar-refractivity contribution >= 4 is 11.0 Å². The van der Waals surface area contributed by atoms with Gasteiger partial charge in [-0.05, 0) is 50.2 Å². The Morgan fingerprint density at radius 3 is 2.60 bits per heavy atom. The number of phenols is 1.